The molecule has 0 radical (unpaired) electrons. The van der Waals surface area contributed by atoms with Crippen molar-refractivity contribution in [3.63, 3.8) is 0 Å². The first-order chi connectivity index (χ1) is 9.97. The van der Waals surface area contributed by atoms with Crippen LogP contribution in [0.1, 0.15) is 36.9 Å². The van der Waals surface area contributed by atoms with Gasteiger partial charge in [0.2, 0.25) is 0 Å². The van der Waals surface area contributed by atoms with Crippen LogP contribution < -0.4 is 10.0 Å². The normalized spacial score (nSPS) is 23.4. The summed E-state index contributed by atoms with van der Waals surface area (Å²) < 4.78 is 28.0. The van der Waals surface area contributed by atoms with Gasteiger partial charge in [0.15, 0.2) is 5.03 Å². The number of rotatable bonds is 6. The molecule has 0 spiro atoms. The first kappa shape index (κ1) is 16.8. The molecule has 0 aliphatic heterocycles. The van der Waals surface area contributed by atoms with Gasteiger partial charge in [-0.2, -0.15) is 16.9 Å². The molecule has 0 saturated heterocycles. The monoisotopic (exact) mass is 332 g/mol. The first-order valence-electron chi connectivity index (χ1n) is 7.21. The molecule has 1 aliphatic carbocycles. The fourth-order valence-corrected chi connectivity index (χ4v) is 5.09. The topological polar surface area (TPSA) is 86.9 Å². The zero-order chi connectivity index (χ0) is 15.5. The molecule has 8 heteroatoms. The molecule has 2 atom stereocenters. The number of thioether (sulfide) groups is 1. The van der Waals surface area contributed by atoms with Crippen LogP contribution in [0.2, 0.25) is 0 Å². The number of nitrogens with one attached hydrogen (secondary N) is 3. The average Bonchev–Trinajstić information content (AvgIpc) is 2.81. The zero-order valence-electron chi connectivity index (χ0n) is 12.8. The van der Waals surface area contributed by atoms with Gasteiger partial charge in [-0.15, -0.1) is 0 Å². The van der Waals surface area contributed by atoms with Crippen LogP contribution in [0.25, 0.3) is 0 Å². The van der Waals surface area contributed by atoms with E-state index < -0.39 is 10.0 Å². The fraction of sp³-hybridized carbons (Fsp3) is 0.769. The summed E-state index contributed by atoms with van der Waals surface area (Å²) in [5.74, 6) is 0. The van der Waals surface area contributed by atoms with Crippen molar-refractivity contribution in [1.29, 1.82) is 0 Å². The quantitative estimate of drug-likeness (QED) is 0.733. The SMILES string of the molecule is CNCc1c(S(=O)(=O)NC2CCCC(SC)C2)n[nH]c1C. The summed E-state index contributed by atoms with van der Waals surface area (Å²) in [6, 6.07) is 0.0145. The molecule has 0 amide bonds. The Balaban J connectivity index is 2.15. The van der Waals surface area contributed by atoms with E-state index in [1.54, 1.807) is 7.05 Å². The van der Waals surface area contributed by atoms with E-state index >= 15 is 0 Å². The number of H-pyrrole nitrogens is 1. The number of aromatic nitrogens is 2. The van der Waals surface area contributed by atoms with Gasteiger partial charge in [0.05, 0.1) is 0 Å². The maximum Gasteiger partial charge on any atom is 0.260 e. The van der Waals surface area contributed by atoms with Crippen molar-refractivity contribution in [3.05, 3.63) is 11.3 Å². The lowest BCUT2D eigenvalue weighted by molar-refractivity contribution is 0.420. The van der Waals surface area contributed by atoms with Gasteiger partial charge in [0.1, 0.15) is 0 Å². The molecular weight excluding hydrogens is 308 g/mol. The number of hydrogen-bond acceptors (Lipinski definition) is 5. The largest absolute Gasteiger partial charge is 0.316 e. The molecule has 3 N–H and O–H groups in total. The Labute approximate surface area is 130 Å². The molecule has 1 aromatic heterocycles. The van der Waals surface area contributed by atoms with E-state index in [1.807, 2.05) is 18.7 Å². The van der Waals surface area contributed by atoms with E-state index in [9.17, 15) is 8.42 Å². The summed E-state index contributed by atoms with van der Waals surface area (Å²) >= 11 is 1.82. The van der Waals surface area contributed by atoms with E-state index in [2.05, 4.69) is 26.5 Å². The van der Waals surface area contributed by atoms with Crippen LogP contribution in [0.3, 0.4) is 0 Å². The zero-order valence-corrected chi connectivity index (χ0v) is 14.4. The van der Waals surface area contributed by atoms with Crippen LogP contribution in [0.5, 0.6) is 0 Å². The number of sulfonamides is 1. The summed E-state index contributed by atoms with van der Waals surface area (Å²) in [5.41, 5.74) is 1.50. The molecule has 2 unspecified atom stereocenters. The van der Waals surface area contributed by atoms with Gasteiger partial charge >= 0.3 is 0 Å². The van der Waals surface area contributed by atoms with Gasteiger partial charge in [-0.25, -0.2) is 13.1 Å². The highest BCUT2D eigenvalue weighted by Crippen LogP contribution is 2.28. The molecule has 6 nitrogen and oxygen atoms in total. The molecule has 1 saturated carbocycles. The van der Waals surface area contributed by atoms with Crippen molar-refractivity contribution in [2.24, 2.45) is 0 Å². The Morgan fingerprint density at radius 3 is 2.86 bits per heavy atom. The van der Waals surface area contributed by atoms with E-state index in [0.717, 1.165) is 25.0 Å². The van der Waals surface area contributed by atoms with Gasteiger partial charge in [-0.05, 0) is 39.5 Å². The lowest BCUT2D eigenvalue weighted by Crippen LogP contribution is -2.39. The molecule has 21 heavy (non-hydrogen) atoms. The smallest absolute Gasteiger partial charge is 0.260 e. The van der Waals surface area contributed by atoms with Crippen molar-refractivity contribution < 1.29 is 8.42 Å². The third-order valence-corrected chi connectivity index (χ3v) is 6.51. The molecule has 1 aromatic rings. The molecular formula is C13H24N4O2S2. The van der Waals surface area contributed by atoms with Gasteiger partial charge in [0.25, 0.3) is 10.0 Å². The average molecular weight is 332 g/mol. The second-order valence-corrected chi connectivity index (χ2v) is 8.27. The number of aryl methyl sites for hydroxylation is 1. The van der Waals surface area contributed by atoms with Crippen LogP contribution in [-0.2, 0) is 16.6 Å². The van der Waals surface area contributed by atoms with Gasteiger partial charge < -0.3 is 5.32 Å². The van der Waals surface area contributed by atoms with Gasteiger partial charge in [-0.3, -0.25) is 5.10 Å². The maximum atomic E-state index is 12.6. The highest BCUT2D eigenvalue weighted by Gasteiger charge is 2.29. The molecule has 2 rings (SSSR count). The maximum absolute atomic E-state index is 12.6. The second-order valence-electron chi connectivity index (χ2n) is 5.51. The van der Waals surface area contributed by atoms with E-state index in [0.29, 0.717) is 17.4 Å². The number of aromatic amines is 1. The van der Waals surface area contributed by atoms with Gasteiger partial charge in [0, 0.05) is 29.1 Å². The van der Waals surface area contributed by atoms with E-state index in [4.69, 9.17) is 0 Å². The van der Waals surface area contributed by atoms with Crippen LogP contribution in [0, 0.1) is 6.92 Å². The van der Waals surface area contributed by atoms with E-state index in [1.165, 1.54) is 6.42 Å². The lowest BCUT2D eigenvalue weighted by atomic mass is 9.96. The van der Waals surface area contributed by atoms with E-state index in [-0.39, 0.29) is 11.1 Å². The molecule has 120 valence electrons. The minimum atomic E-state index is -3.57. The molecule has 1 heterocycles. The van der Waals surface area contributed by atoms with Crippen molar-refractivity contribution in [1.82, 2.24) is 20.2 Å². The third kappa shape index (κ3) is 4.00. The summed E-state index contributed by atoms with van der Waals surface area (Å²) in [5, 5.41) is 10.4. The predicted molar refractivity (Wildman–Crippen MR) is 86.0 cm³/mol. The first-order valence-corrected chi connectivity index (χ1v) is 9.98. The summed E-state index contributed by atoms with van der Waals surface area (Å²) in [4.78, 5) is 0. The molecule has 1 aliphatic rings. The summed E-state index contributed by atoms with van der Waals surface area (Å²) in [6.07, 6.45) is 6.13. The van der Waals surface area contributed by atoms with Crippen LogP contribution in [0.15, 0.2) is 5.03 Å². The Hall–Kier alpha value is -0.570. The minimum absolute atomic E-state index is 0.0145. The number of hydrogen-bond donors (Lipinski definition) is 3. The van der Waals surface area contributed by atoms with Crippen molar-refractivity contribution in [3.8, 4) is 0 Å². The summed E-state index contributed by atoms with van der Waals surface area (Å²) in [7, 11) is -1.77. The number of nitrogens with zero attached hydrogens (tertiary/aromatic N) is 1. The second kappa shape index (κ2) is 7.13. The standard InChI is InChI=1S/C13H24N4O2S2/c1-9-12(8-14-2)13(16-15-9)21(18,19)17-10-5-4-6-11(7-10)20-3/h10-11,14,17H,4-8H2,1-3H3,(H,15,16). The van der Waals surface area contributed by atoms with Crippen LogP contribution in [-0.4, -0.2) is 43.2 Å². The van der Waals surface area contributed by atoms with Crippen LogP contribution in [0.4, 0.5) is 0 Å². The van der Waals surface area contributed by atoms with Crippen LogP contribution >= 0.6 is 11.8 Å². The highest BCUT2D eigenvalue weighted by molar-refractivity contribution is 7.99. The van der Waals surface area contributed by atoms with Crippen molar-refractivity contribution >= 4 is 21.8 Å². The fourth-order valence-electron chi connectivity index (χ4n) is 2.78. The molecule has 1 fully saturated rings. The highest BCUT2D eigenvalue weighted by atomic mass is 32.2. The van der Waals surface area contributed by atoms with Crippen molar-refractivity contribution in [2.75, 3.05) is 13.3 Å². The Bertz CT molecular complexity index is 571. The lowest BCUT2D eigenvalue weighted by Gasteiger charge is -2.28. The molecule has 0 bridgehead atoms. The Kier molecular flexibility index (Phi) is 5.70. The molecule has 0 aromatic carbocycles. The third-order valence-electron chi connectivity index (χ3n) is 3.93. The Morgan fingerprint density at radius 1 is 1.43 bits per heavy atom. The summed E-state index contributed by atoms with van der Waals surface area (Å²) in [6.45, 7) is 2.32. The minimum Gasteiger partial charge on any atom is -0.316 e. The predicted octanol–water partition coefficient (Wildman–Crippen LogP) is 1.39. The Morgan fingerprint density at radius 2 is 2.19 bits per heavy atom. The van der Waals surface area contributed by atoms with Gasteiger partial charge in [-0.1, -0.05) is 6.42 Å². The van der Waals surface area contributed by atoms with Crippen molar-refractivity contribution in [2.45, 2.75) is 55.5 Å².